The fourth-order valence-corrected chi connectivity index (χ4v) is 4.66. The van der Waals surface area contributed by atoms with Gasteiger partial charge in [0.2, 0.25) is 0 Å². The molecule has 0 spiro atoms. The summed E-state index contributed by atoms with van der Waals surface area (Å²) >= 11 is 12.3. The van der Waals surface area contributed by atoms with Gasteiger partial charge in [0.25, 0.3) is 11.7 Å². The van der Waals surface area contributed by atoms with Gasteiger partial charge in [-0.15, -0.1) is 0 Å². The maximum Gasteiger partial charge on any atom is 0.300 e. The Labute approximate surface area is 218 Å². The number of benzene rings is 3. The summed E-state index contributed by atoms with van der Waals surface area (Å²) in [6.45, 7) is 2.69. The summed E-state index contributed by atoms with van der Waals surface area (Å²) in [4.78, 5) is 27.6. The highest BCUT2D eigenvalue weighted by atomic mass is 35.5. The fraction of sp³-hybridized carbons (Fsp3) is 0.214. The first-order valence-electron chi connectivity index (χ1n) is 11.6. The second kappa shape index (κ2) is 11.1. The molecule has 36 heavy (non-hydrogen) atoms. The van der Waals surface area contributed by atoms with Gasteiger partial charge in [0.15, 0.2) is 0 Å². The van der Waals surface area contributed by atoms with Crippen LogP contribution in [0.5, 0.6) is 5.75 Å². The Morgan fingerprint density at radius 2 is 1.61 bits per heavy atom. The molecular weight excluding hydrogens is 504 g/mol. The molecule has 1 aliphatic rings. The van der Waals surface area contributed by atoms with Crippen molar-refractivity contribution < 1.29 is 23.8 Å². The number of hydrogen-bond acceptors (Lipinski definition) is 4. The van der Waals surface area contributed by atoms with Gasteiger partial charge in [-0.1, -0.05) is 55.1 Å². The van der Waals surface area contributed by atoms with Crippen molar-refractivity contribution >= 4 is 46.3 Å². The third-order valence-corrected chi connectivity index (χ3v) is 6.34. The van der Waals surface area contributed by atoms with Crippen LogP contribution < -0.4 is 9.64 Å². The first kappa shape index (κ1) is 25.7. The number of unbranched alkanes of at least 4 members (excludes halogenated alkanes) is 2. The lowest BCUT2D eigenvalue weighted by Gasteiger charge is -2.25. The van der Waals surface area contributed by atoms with Gasteiger partial charge in [-0.2, -0.15) is 0 Å². The van der Waals surface area contributed by atoms with Crippen LogP contribution in [-0.2, 0) is 9.59 Å². The highest BCUT2D eigenvalue weighted by molar-refractivity contribution is 6.52. The summed E-state index contributed by atoms with van der Waals surface area (Å²) in [5.41, 5.74) is 0.924. The third-order valence-electron chi connectivity index (χ3n) is 5.90. The van der Waals surface area contributed by atoms with E-state index in [0.717, 1.165) is 19.3 Å². The molecule has 4 rings (SSSR count). The predicted octanol–water partition coefficient (Wildman–Crippen LogP) is 7.33. The molecule has 8 heteroatoms. The van der Waals surface area contributed by atoms with Gasteiger partial charge in [0.05, 0.1) is 18.2 Å². The van der Waals surface area contributed by atoms with Crippen molar-refractivity contribution in [1.82, 2.24) is 0 Å². The van der Waals surface area contributed by atoms with Gasteiger partial charge in [-0.3, -0.25) is 14.5 Å². The second-order valence-corrected chi connectivity index (χ2v) is 9.30. The number of carbonyl (C=O) groups excluding carboxylic acids is 2. The smallest absolute Gasteiger partial charge is 0.300 e. The zero-order valence-electron chi connectivity index (χ0n) is 19.5. The average Bonchev–Trinajstić information content (AvgIpc) is 3.12. The second-order valence-electron chi connectivity index (χ2n) is 8.43. The lowest BCUT2D eigenvalue weighted by Crippen LogP contribution is -2.29. The number of rotatable bonds is 8. The number of hydrogen-bond donors (Lipinski definition) is 1. The lowest BCUT2D eigenvalue weighted by molar-refractivity contribution is -0.132. The van der Waals surface area contributed by atoms with E-state index in [-0.39, 0.29) is 27.1 Å². The number of aliphatic hydroxyl groups is 1. The quantitative estimate of drug-likeness (QED) is 0.144. The highest BCUT2D eigenvalue weighted by Crippen LogP contribution is 2.43. The van der Waals surface area contributed by atoms with Gasteiger partial charge < -0.3 is 9.84 Å². The summed E-state index contributed by atoms with van der Waals surface area (Å²) in [5.74, 6) is -1.93. The van der Waals surface area contributed by atoms with Gasteiger partial charge in [0, 0.05) is 21.3 Å². The van der Waals surface area contributed by atoms with Crippen molar-refractivity contribution in [2.24, 2.45) is 0 Å². The first-order valence-corrected chi connectivity index (χ1v) is 12.3. The minimum Gasteiger partial charge on any atom is -0.507 e. The molecule has 0 saturated carbocycles. The normalized spacial score (nSPS) is 17.0. The molecule has 186 valence electrons. The van der Waals surface area contributed by atoms with Crippen LogP contribution in [0, 0.1) is 5.82 Å². The number of carbonyl (C=O) groups is 2. The number of aliphatic hydroxyl groups excluding tert-OH is 1. The van der Waals surface area contributed by atoms with Crippen LogP contribution in [0.1, 0.15) is 43.4 Å². The zero-order chi connectivity index (χ0) is 25.8. The highest BCUT2D eigenvalue weighted by Gasteiger charge is 2.47. The Kier molecular flexibility index (Phi) is 7.97. The molecular formula is C28H24Cl2FNO4. The molecule has 1 atom stereocenters. The third kappa shape index (κ3) is 5.40. The van der Waals surface area contributed by atoms with E-state index in [9.17, 15) is 19.1 Å². The monoisotopic (exact) mass is 527 g/mol. The van der Waals surface area contributed by atoms with Gasteiger partial charge in [-0.25, -0.2) is 4.39 Å². The molecule has 1 heterocycles. The van der Waals surface area contributed by atoms with E-state index < -0.39 is 23.5 Å². The number of nitrogens with zero attached hydrogens (tertiary/aromatic N) is 1. The van der Waals surface area contributed by atoms with E-state index in [1.165, 1.54) is 47.4 Å². The van der Waals surface area contributed by atoms with Crippen molar-refractivity contribution in [2.45, 2.75) is 32.2 Å². The molecule has 1 aliphatic heterocycles. The Bertz CT molecular complexity index is 1290. The van der Waals surface area contributed by atoms with E-state index in [0.29, 0.717) is 23.5 Å². The van der Waals surface area contributed by atoms with Crippen LogP contribution in [0.3, 0.4) is 0 Å². The summed E-state index contributed by atoms with van der Waals surface area (Å²) in [5, 5.41) is 11.8. The molecule has 1 amide bonds. The molecule has 0 bridgehead atoms. The molecule has 0 aliphatic carbocycles. The number of halogens is 3. The summed E-state index contributed by atoms with van der Waals surface area (Å²) in [6, 6.07) is 15.5. The largest absolute Gasteiger partial charge is 0.507 e. The molecule has 0 aromatic heterocycles. The fourth-order valence-electron chi connectivity index (χ4n) is 4.14. The van der Waals surface area contributed by atoms with Crippen LogP contribution >= 0.6 is 23.2 Å². The summed E-state index contributed by atoms with van der Waals surface area (Å²) < 4.78 is 19.4. The van der Waals surface area contributed by atoms with E-state index >= 15 is 0 Å². The zero-order valence-corrected chi connectivity index (χ0v) is 21.0. The number of Topliss-reactive ketones (excluding diaryl/α,β-unsaturated/α-hetero) is 1. The Hall–Kier alpha value is -3.35. The van der Waals surface area contributed by atoms with Crippen LogP contribution in [0.15, 0.2) is 72.3 Å². The van der Waals surface area contributed by atoms with E-state index in [1.54, 1.807) is 24.3 Å². The summed E-state index contributed by atoms with van der Waals surface area (Å²) in [6.07, 6.45) is 3.09. The Morgan fingerprint density at radius 3 is 2.22 bits per heavy atom. The maximum absolute atomic E-state index is 13.7. The predicted molar refractivity (Wildman–Crippen MR) is 139 cm³/mol. The van der Waals surface area contributed by atoms with Gasteiger partial charge in [-0.05, 0) is 66.6 Å². The number of ether oxygens (including phenoxy) is 1. The topological polar surface area (TPSA) is 66.8 Å². The van der Waals surface area contributed by atoms with E-state index in [2.05, 4.69) is 6.92 Å². The minimum absolute atomic E-state index is 0.126. The van der Waals surface area contributed by atoms with Crippen molar-refractivity contribution in [3.05, 3.63) is 99.3 Å². The van der Waals surface area contributed by atoms with Crippen LogP contribution in [0.2, 0.25) is 10.0 Å². The van der Waals surface area contributed by atoms with E-state index in [4.69, 9.17) is 27.9 Å². The van der Waals surface area contributed by atoms with Crippen LogP contribution in [0.4, 0.5) is 10.1 Å². The van der Waals surface area contributed by atoms with Crippen molar-refractivity contribution in [3.8, 4) is 5.75 Å². The standard InChI is InChI=1S/C28H24Cl2FNO4/c1-2-3-4-13-36-23-11-7-18(8-12-23)26(33)24-25(17-5-9-21(31)10-6-17)32(28(35)27(24)34)22-15-19(29)14-20(30)16-22/h5-12,14-16,25,33H,2-4,13H2,1H3/b26-24+. The van der Waals surface area contributed by atoms with Gasteiger partial charge in [0.1, 0.15) is 17.3 Å². The molecule has 1 fully saturated rings. The first-order chi connectivity index (χ1) is 17.3. The average molecular weight is 528 g/mol. The minimum atomic E-state index is -1.02. The van der Waals surface area contributed by atoms with Gasteiger partial charge >= 0.3 is 0 Å². The van der Waals surface area contributed by atoms with Crippen molar-refractivity contribution in [1.29, 1.82) is 0 Å². The molecule has 3 aromatic carbocycles. The van der Waals surface area contributed by atoms with Crippen LogP contribution in [0.25, 0.3) is 5.76 Å². The molecule has 1 unspecified atom stereocenters. The lowest BCUT2D eigenvalue weighted by atomic mass is 9.95. The summed E-state index contributed by atoms with van der Waals surface area (Å²) in [7, 11) is 0. The number of ketones is 1. The van der Waals surface area contributed by atoms with Crippen molar-refractivity contribution in [2.75, 3.05) is 11.5 Å². The SMILES string of the molecule is CCCCCOc1ccc(/C(O)=C2\C(=O)C(=O)N(c3cc(Cl)cc(Cl)c3)C2c2ccc(F)cc2)cc1. The Morgan fingerprint density at radius 1 is 0.972 bits per heavy atom. The molecule has 3 aromatic rings. The number of anilines is 1. The molecule has 0 radical (unpaired) electrons. The number of amides is 1. The Balaban J connectivity index is 1.77. The van der Waals surface area contributed by atoms with Crippen molar-refractivity contribution in [3.63, 3.8) is 0 Å². The molecule has 1 N–H and O–H groups in total. The van der Waals surface area contributed by atoms with E-state index in [1.807, 2.05) is 0 Å². The maximum atomic E-state index is 13.7. The molecule has 5 nitrogen and oxygen atoms in total. The van der Waals surface area contributed by atoms with Crippen LogP contribution in [-0.4, -0.2) is 23.4 Å². The molecule has 1 saturated heterocycles.